The number of rotatable bonds is 3. The van der Waals surface area contributed by atoms with Crippen LogP contribution in [0.25, 0.3) is 0 Å². The summed E-state index contributed by atoms with van der Waals surface area (Å²) in [4.78, 5) is 8.55. The van der Waals surface area contributed by atoms with Gasteiger partial charge in [0.05, 0.1) is 6.04 Å². The molecule has 1 saturated carbocycles. The third-order valence-corrected chi connectivity index (χ3v) is 5.93. The first kappa shape index (κ1) is 13.5. The van der Waals surface area contributed by atoms with Gasteiger partial charge in [-0.3, -0.25) is 4.90 Å². The predicted octanol–water partition coefficient (Wildman–Crippen LogP) is 2.97. The fourth-order valence-corrected chi connectivity index (χ4v) is 4.16. The molecular formula is C15H25N3S. The van der Waals surface area contributed by atoms with Crippen LogP contribution in [0.4, 0.5) is 0 Å². The number of aryl methyl sites for hydroxylation is 1. The second kappa shape index (κ2) is 4.83. The van der Waals surface area contributed by atoms with Crippen molar-refractivity contribution in [2.75, 3.05) is 13.1 Å². The maximum absolute atomic E-state index is 4.59. The summed E-state index contributed by atoms with van der Waals surface area (Å²) in [5, 5.41) is 5.06. The largest absolute Gasteiger partial charge is 0.308 e. The Hall–Kier alpha value is -0.450. The normalized spacial score (nSPS) is 34.4. The zero-order valence-electron chi connectivity index (χ0n) is 12.4. The lowest BCUT2D eigenvalue weighted by Crippen LogP contribution is -2.63. The van der Waals surface area contributed by atoms with Crippen LogP contribution in [0.5, 0.6) is 0 Å². The molecule has 3 unspecified atom stereocenters. The van der Waals surface area contributed by atoms with E-state index in [9.17, 15) is 0 Å². The Labute approximate surface area is 120 Å². The van der Waals surface area contributed by atoms with Crippen molar-refractivity contribution in [3.05, 3.63) is 16.1 Å². The Bertz CT molecular complexity index is 454. The first-order chi connectivity index (χ1) is 8.99. The maximum atomic E-state index is 4.59. The average Bonchev–Trinajstić information content (AvgIpc) is 3.15. The number of hydrogen-bond donors (Lipinski definition) is 1. The van der Waals surface area contributed by atoms with E-state index in [4.69, 9.17) is 0 Å². The molecule has 1 aliphatic heterocycles. The molecule has 0 spiro atoms. The van der Waals surface area contributed by atoms with E-state index in [0.29, 0.717) is 17.6 Å². The van der Waals surface area contributed by atoms with Crippen molar-refractivity contribution < 1.29 is 0 Å². The van der Waals surface area contributed by atoms with Gasteiger partial charge in [0, 0.05) is 35.7 Å². The minimum absolute atomic E-state index is 0.313. The van der Waals surface area contributed by atoms with Crippen molar-refractivity contribution in [3.8, 4) is 0 Å². The molecule has 4 heteroatoms. The van der Waals surface area contributed by atoms with Crippen LogP contribution >= 0.6 is 11.3 Å². The first-order valence-corrected chi connectivity index (χ1v) is 8.24. The predicted molar refractivity (Wildman–Crippen MR) is 80.6 cm³/mol. The molecule has 2 aliphatic rings. The third kappa shape index (κ3) is 2.58. The van der Waals surface area contributed by atoms with Crippen LogP contribution in [0.1, 0.15) is 49.5 Å². The molecule has 106 valence electrons. The smallest absolute Gasteiger partial charge is 0.110 e. The summed E-state index contributed by atoms with van der Waals surface area (Å²) in [6, 6.07) is 1.03. The van der Waals surface area contributed by atoms with Crippen LogP contribution in [0.2, 0.25) is 0 Å². The summed E-state index contributed by atoms with van der Waals surface area (Å²) < 4.78 is 0. The molecule has 1 aromatic heterocycles. The highest BCUT2D eigenvalue weighted by Crippen LogP contribution is 2.42. The highest BCUT2D eigenvalue weighted by Gasteiger charge is 2.46. The van der Waals surface area contributed by atoms with Crippen LogP contribution in [0, 0.1) is 12.8 Å². The molecule has 3 atom stereocenters. The lowest BCUT2D eigenvalue weighted by Gasteiger charge is -2.47. The van der Waals surface area contributed by atoms with E-state index in [0.717, 1.165) is 19.0 Å². The van der Waals surface area contributed by atoms with Crippen molar-refractivity contribution >= 4 is 11.3 Å². The van der Waals surface area contributed by atoms with E-state index in [1.165, 1.54) is 22.7 Å². The van der Waals surface area contributed by atoms with Gasteiger partial charge in [-0.05, 0) is 46.5 Å². The number of aromatic nitrogens is 1. The molecule has 0 bridgehead atoms. The van der Waals surface area contributed by atoms with Gasteiger partial charge >= 0.3 is 0 Å². The van der Waals surface area contributed by atoms with Gasteiger partial charge in [0.1, 0.15) is 5.01 Å². The average molecular weight is 279 g/mol. The van der Waals surface area contributed by atoms with Gasteiger partial charge in [-0.25, -0.2) is 4.98 Å². The maximum Gasteiger partial charge on any atom is 0.110 e. The Kier molecular flexibility index (Phi) is 3.44. The number of hydrogen-bond acceptors (Lipinski definition) is 4. The minimum atomic E-state index is 0.313. The molecule has 3 nitrogen and oxygen atoms in total. The standard InChI is InChI=1S/C15H25N3S/c1-10-7-17-15(4,13-5-6-13)9-18(10)12(3)14-16-8-11(2)19-14/h8,10,12-13,17H,5-7,9H2,1-4H3. The van der Waals surface area contributed by atoms with Gasteiger partial charge in [-0.2, -0.15) is 0 Å². The highest BCUT2D eigenvalue weighted by atomic mass is 32.1. The van der Waals surface area contributed by atoms with Gasteiger partial charge in [0.2, 0.25) is 0 Å². The minimum Gasteiger partial charge on any atom is -0.308 e. The molecule has 1 aromatic rings. The van der Waals surface area contributed by atoms with Crippen LogP contribution < -0.4 is 5.32 Å². The lowest BCUT2D eigenvalue weighted by atomic mass is 9.90. The van der Waals surface area contributed by atoms with Gasteiger partial charge in [0.25, 0.3) is 0 Å². The van der Waals surface area contributed by atoms with Gasteiger partial charge in [-0.15, -0.1) is 11.3 Å². The summed E-state index contributed by atoms with van der Waals surface area (Å²) in [5.74, 6) is 0.882. The number of nitrogens with zero attached hydrogens (tertiary/aromatic N) is 2. The summed E-state index contributed by atoms with van der Waals surface area (Å²) in [5.41, 5.74) is 0.313. The number of thiazole rings is 1. The van der Waals surface area contributed by atoms with E-state index in [2.05, 4.69) is 42.9 Å². The van der Waals surface area contributed by atoms with Crippen LogP contribution in [0.15, 0.2) is 6.20 Å². The first-order valence-electron chi connectivity index (χ1n) is 7.43. The van der Waals surface area contributed by atoms with E-state index in [1.807, 2.05) is 17.5 Å². The third-order valence-electron chi connectivity index (χ3n) is 4.85. The van der Waals surface area contributed by atoms with Crippen molar-refractivity contribution in [1.29, 1.82) is 0 Å². The van der Waals surface area contributed by atoms with E-state index >= 15 is 0 Å². The summed E-state index contributed by atoms with van der Waals surface area (Å²) in [6.07, 6.45) is 4.80. The number of piperazine rings is 1. The molecule has 0 radical (unpaired) electrons. The number of nitrogens with one attached hydrogen (secondary N) is 1. The van der Waals surface area contributed by atoms with Crippen LogP contribution in [0.3, 0.4) is 0 Å². The van der Waals surface area contributed by atoms with Crippen molar-refractivity contribution in [2.45, 2.75) is 58.2 Å². The summed E-state index contributed by atoms with van der Waals surface area (Å²) in [6.45, 7) is 11.4. The van der Waals surface area contributed by atoms with Gasteiger partial charge < -0.3 is 5.32 Å². The monoisotopic (exact) mass is 279 g/mol. The SMILES string of the molecule is Cc1cnc(C(C)N2CC(C)(C3CC3)NCC2C)s1. The lowest BCUT2D eigenvalue weighted by molar-refractivity contribution is 0.0516. The molecule has 1 N–H and O–H groups in total. The highest BCUT2D eigenvalue weighted by molar-refractivity contribution is 7.11. The Balaban J connectivity index is 1.77. The molecule has 0 aromatic carbocycles. The molecule has 1 saturated heterocycles. The van der Waals surface area contributed by atoms with Crippen molar-refractivity contribution in [3.63, 3.8) is 0 Å². The van der Waals surface area contributed by atoms with Crippen LogP contribution in [-0.2, 0) is 0 Å². The van der Waals surface area contributed by atoms with Crippen molar-refractivity contribution in [2.24, 2.45) is 5.92 Å². The summed E-state index contributed by atoms with van der Waals surface area (Å²) in [7, 11) is 0. The second-order valence-corrected chi connectivity index (χ2v) is 7.85. The molecular weight excluding hydrogens is 254 g/mol. The summed E-state index contributed by atoms with van der Waals surface area (Å²) >= 11 is 1.84. The second-order valence-electron chi connectivity index (χ2n) is 6.58. The molecule has 2 fully saturated rings. The quantitative estimate of drug-likeness (QED) is 0.922. The molecule has 1 aliphatic carbocycles. The Morgan fingerprint density at radius 1 is 1.53 bits per heavy atom. The fraction of sp³-hybridized carbons (Fsp3) is 0.800. The molecule has 3 rings (SSSR count). The zero-order valence-corrected chi connectivity index (χ0v) is 13.3. The van der Waals surface area contributed by atoms with E-state index < -0.39 is 0 Å². The van der Waals surface area contributed by atoms with E-state index in [-0.39, 0.29) is 0 Å². The van der Waals surface area contributed by atoms with Crippen LogP contribution in [-0.4, -0.2) is 34.6 Å². The Morgan fingerprint density at radius 3 is 2.84 bits per heavy atom. The molecule has 0 amide bonds. The topological polar surface area (TPSA) is 28.2 Å². The molecule has 19 heavy (non-hydrogen) atoms. The Morgan fingerprint density at radius 2 is 2.26 bits per heavy atom. The van der Waals surface area contributed by atoms with Crippen molar-refractivity contribution in [1.82, 2.24) is 15.2 Å². The zero-order chi connectivity index (χ0) is 13.6. The molecule has 2 heterocycles. The van der Waals surface area contributed by atoms with Gasteiger partial charge in [-0.1, -0.05) is 0 Å². The van der Waals surface area contributed by atoms with Gasteiger partial charge in [0.15, 0.2) is 0 Å². The fourth-order valence-electron chi connectivity index (χ4n) is 3.31. The van der Waals surface area contributed by atoms with E-state index in [1.54, 1.807) is 0 Å².